The summed E-state index contributed by atoms with van der Waals surface area (Å²) in [5, 5.41) is 39.1. The molecule has 0 spiro atoms. The zero-order valence-electron chi connectivity index (χ0n) is 23.1. The smallest absolute Gasteiger partial charge is 0.171 e. The third-order valence-corrected chi connectivity index (χ3v) is 7.64. The van der Waals surface area contributed by atoms with Crippen LogP contribution in [0.2, 0.25) is 0 Å². The van der Waals surface area contributed by atoms with Gasteiger partial charge in [0.25, 0.3) is 0 Å². The lowest BCUT2D eigenvalue weighted by Gasteiger charge is -2.10. The fourth-order valence-corrected chi connectivity index (χ4v) is 5.42. The van der Waals surface area contributed by atoms with Crippen LogP contribution in [0.3, 0.4) is 0 Å². The van der Waals surface area contributed by atoms with Crippen LogP contribution in [-0.4, -0.2) is 46.2 Å². The number of carbonyl (C=O) groups is 2. The van der Waals surface area contributed by atoms with Gasteiger partial charge in [0.15, 0.2) is 34.6 Å². The molecule has 2 aromatic rings. The molecule has 0 aliphatic heterocycles. The molecular formula is C31H42O8. The Balaban J connectivity index is 1.21. The van der Waals surface area contributed by atoms with E-state index in [1.165, 1.54) is 58.5 Å². The Hall–Kier alpha value is -3.42. The Morgan fingerprint density at radius 2 is 1.03 bits per heavy atom. The number of aromatic hydroxyl groups is 4. The Bertz CT molecular complexity index is 1040. The first-order chi connectivity index (χ1) is 18.7. The Morgan fingerprint density at radius 1 is 0.641 bits per heavy atom. The van der Waals surface area contributed by atoms with E-state index in [0.29, 0.717) is 12.8 Å². The molecule has 2 unspecified atom stereocenters. The third-order valence-electron chi connectivity index (χ3n) is 7.64. The number of phenols is 4. The molecule has 1 fully saturated rings. The van der Waals surface area contributed by atoms with Gasteiger partial charge in [-0.25, -0.2) is 0 Å². The second-order valence-electron chi connectivity index (χ2n) is 10.6. The highest BCUT2D eigenvalue weighted by Crippen LogP contribution is 2.46. The average molecular weight is 543 g/mol. The number of unbranched alkanes of at least 4 members (excludes halogenated alkanes) is 6. The molecule has 0 saturated heterocycles. The predicted octanol–water partition coefficient (Wildman–Crippen LogP) is 6.91. The van der Waals surface area contributed by atoms with Crippen molar-refractivity contribution in [3.8, 4) is 34.5 Å². The molecule has 1 aliphatic rings. The van der Waals surface area contributed by atoms with Crippen molar-refractivity contribution in [3.63, 3.8) is 0 Å². The van der Waals surface area contributed by atoms with Crippen LogP contribution < -0.4 is 9.47 Å². The zero-order chi connectivity index (χ0) is 28.4. The summed E-state index contributed by atoms with van der Waals surface area (Å²) in [6.45, 7) is 0. The van der Waals surface area contributed by atoms with Crippen molar-refractivity contribution in [1.29, 1.82) is 0 Å². The molecule has 39 heavy (non-hydrogen) atoms. The normalized spacial score (nSPS) is 16.2. The first-order valence-electron chi connectivity index (χ1n) is 14.0. The number of hydrogen-bond donors (Lipinski definition) is 4. The number of carbonyl (C=O) groups excluding carboxylic acids is 2. The van der Waals surface area contributed by atoms with E-state index in [1.807, 2.05) is 0 Å². The van der Waals surface area contributed by atoms with E-state index in [-0.39, 0.29) is 57.2 Å². The quantitative estimate of drug-likeness (QED) is 0.118. The van der Waals surface area contributed by atoms with Crippen LogP contribution in [0.25, 0.3) is 0 Å². The lowest BCUT2D eigenvalue weighted by molar-refractivity contribution is 0.0967. The molecule has 0 heterocycles. The molecule has 2 aromatic carbocycles. The van der Waals surface area contributed by atoms with E-state index in [0.717, 1.165) is 62.5 Å². The predicted molar refractivity (Wildman–Crippen MR) is 148 cm³/mol. The molecular weight excluding hydrogens is 500 g/mol. The summed E-state index contributed by atoms with van der Waals surface area (Å²) in [4.78, 5) is 25.0. The summed E-state index contributed by atoms with van der Waals surface area (Å²) in [6.07, 6.45) is 12.5. The van der Waals surface area contributed by atoms with Gasteiger partial charge < -0.3 is 29.9 Å². The van der Waals surface area contributed by atoms with Gasteiger partial charge in [0, 0.05) is 25.0 Å². The molecule has 8 nitrogen and oxygen atoms in total. The molecule has 4 N–H and O–H groups in total. The molecule has 214 valence electrons. The molecule has 1 saturated carbocycles. The lowest BCUT2D eigenvalue weighted by atomic mass is 10.0. The van der Waals surface area contributed by atoms with E-state index >= 15 is 0 Å². The highest BCUT2D eigenvalue weighted by molar-refractivity contribution is 6.00. The van der Waals surface area contributed by atoms with Crippen molar-refractivity contribution >= 4 is 11.6 Å². The maximum atomic E-state index is 12.5. The number of rotatable bonds is 18. The third kappa shape index (κ3) is 8.80. The van der Waals surface area contributed by atoms with Crippen LogP contribution in [-0.2, 0) is 0 Å². The number of phenolic OH excluding ortho intramolecular Hbond substituents is 4. The van der Waals surface area contributed by atoms with Gasteiger partial charge in [-0.3, -0.25) is 9.59 Å². The number of ether oxygens (including phenoxy) is 2. The first kappa shape index (κ1) is 30.1. The van der Waals surface area contributed by atoms with E-state index in [2.05, 4.69) is 0 Å². The SMILES string of the molecule is COc1c(O)cc(O)cc1C(=O)CCCCCCC1CC1CCCCCCC(=O)c1cc(O)cc(O)c1OC. The average Bonchev–Trinajstić information content (AvgIpc) is 3.64. The topological polar surface area (TPSA) is 134 Å². The Morgan fingerprint density at radius 3 is 1.41 bits per heavy atom. The van der Waals surface area contributed by atoms with Crippen molar-refractivity contribution < 1.29 is 39.5 Å². The number of ketones is 2. The molecule has 0 aromatic heterocycles. The van der Waals surface area contributed by atoms with E-state index in [4.69, 9.17) is 9.47 Å². The Labute approximate surface area is 230 Å². The van der Waals surface area contributed by atoms with Gasteiger partial charge in [0.05, 0.1) is 25.3 Å². The number of benzene rings is 2. The summed E-state index contributed by atoms with van der Waals surface area (Å²) in [5.41, 5.74) is 0.443. The summed E-state index contributed by atoms with van der Waals surface area (Å²) >= 11 is 0. The highest BCUT2D eigenvalue weighted by atomic mass is 16.5. The summed E-state index contributed by atoms with van der Waals surface area (Å²) < 4.78 is 10.2. The maximum Gasteiger partial charge on any atom is 0.171 e. The van der Waals surface area contributed by atoms with Gasteiger partial charge in [-0.2, -0.15) is 0 Å². The van der Waals surface area contributed by atoms with Gasteiger partial charge in [-0.05, 0) is 43.2 Å². The number of methoxy groups -OCH3 is 2. The van der Waals surface area contributed by atoms with Crippen LogP contribution in [0.15, 0.2) is 24.3 Å². The minimum atomic E-state index is -0.233. The molecule has 2 atom stereocenters. The largest absolute Gasteiger partial charge is 0.508 e. The van der Waals surface area contributed by atoms with Crippen molar-refractivity contribution in [3.05, 3.63) is 35.4 Å². The van der Waals surface area contributed by atoms with E-state index < -0.39 is 0 Å². The number of hydrogen-bond acceptors (Lipinski definition) is 8. The molecule has 1 aliphatic carbocycles. The van der Waals surface area contributed by atoms with E-state index in [1.54, 1.807) is 0 Å². The van der Waals surface area contributed by atoms with Gasteiger partial charge in [-0.15, -0.1) is 0 Å². The van der Waals surface area contributed by atoms with Gasteiger partial charge in [0.1, 0.15) is 11.5 Å². The van der Waals surface area contributed by atoms with Crippen LogP contribution in [0.4, 0.5) is 0 Å². The van der Waals surface area contributed by atoms with Gasteiger partial charge in [-0.1, -0.05) is 51.4 Å². The summed E-state index contributed by atoms with van der Waals surface area (Å²) in [7, 11) is 2.78. The highest BCUT2D eigenvalue weighted by Gasteiger charge is 2.35. The number of Topliss-reactive ketones (excluding diaryl/α,β-unsaturated/α-hetero) is 2. The first-order valence-corrected chi connectivity index (χ1v) is 14.0. The van der Waals surface area contributed by atoms with E-state index in [9.17, 15) is 30.0 Å². The molecule has 0 bridgehead atoms. The minimum Gasteiger partial charge on any atom is -0.508 e. The fraction of sp³-hybridized carbons (Fsp3) is 0.548. The van der Waals surface area contributed by atoms with Crippen molar-refractivity contribution in [2.24, 2.45) is 11.8 Å². The molecule has 8 heteroatoms. The van der Waals surface area contributed by atoms with Crippen molar-refractivity contribution in [2.45, 2.75) is 83.5 Å². The zero-order valence-corrected chi connectivity index (χ0v) is 23.1. The Kier molecular flexibility index (Phi) is 11.3. The second kappa shape index (κ2) is 14.7. The summed E-state index contributed by atoms with van der Waals surface area (Å²) in [5.74, 6) is 0.814. The molecule has 0 radical (unpaired) electrons. The standard InChI is InChI=1S/C31H42O8/c1-38-30-24(16-22(32)18-28(30)36)26(34)13-9-5-3-7-11-20-15-21(20)12-8-4-6-10-14-27(35)25-17-23(33)19-29(37)31(25)39-2/h16-21,32-33,36-37H,3-15H2,1-2H3. The fourth-order valence-electron chi connectivity index (χ4n) is 5.42. The van der Waals surface area contributed by atoms with Crippen LogP contribution in [0.1, 0.15) is 104 Å². The van der Waals surface area contributed by atoms with Crippen LogP contribution in [0, 0.1) is 11.8 Å². The van der Waals surface area contributed by atoms with Crippen molar-refractivity contribution in [1.82, 2.24) is 0 Å². The van der Waals surface area contributed by atoms with Crippen LogP contribution >= 0.6 is 0 Å². The lowest BCUT2D eigenvalue weighted by Crippen LogP contribution is -2.02. The molecule has 0 amide bonds. The van der Waals surface area contributed by atoms with Crippen LogP contribution in [0.5, 0.6) is 34.5 Å². The van der Waals surface area contributed by atoms with Gasteiger partial charge in [0.2, 0.25) is 0 Å². The van der Waals surface area contributed by atoms with Crippen molar-refractivity contribution in [2.75, 3.05) is 14.2 Å². The maximum absolute atomic E-state index is 12.5. The second-order valence-corrected chi connectivity index (χ2v) is 10.6. The summed E-state index contributed by atoms with van der Waals surface area (Å²) in [6, 6.07) is 5.01. The molecule has 3 rings (SSSR count). The monoisotopic (exact) mass is 542 g/mol. The van der Waals surface area contributed by atoms with Gasteiger partial charge >= 0.3 is 0 Å². The minimum absolute atomic E-state index is 0.112.